The molecule has 0 spiro atoms. The summed E-state index contributed by atoms with van der Waals surface area (Å²) in [5.74, 6) is -1.08. The fourth-order valence-corrected chi connectivity index (χ4v) is 3.35. The van der Waals surface area contributed by atoms with Gasteiger partial charge in [0.1, 0.15) is 17.6 Å². The fraction of sp³-hybridized carbons (Fsp3) is 0.267. The molecule has 0 radical (unpaired) electrons. The van der Waals surface area contributed by atoms with E-state index in [0.29, 0.717) is 22.7 Å². The first kappa shape index (κ1) is 19.5. The summed E-state index contributed by atoms with van der Waals surface area (Å²) in [4.78, 5) is 12.3. The van der Waals surface area contributed by atoms with Crippen LogP contribution in [0.3, 0.4) is 0 Å². The summed E-state index contributed by atoms with van der Waals surface area (Å²) in [6.45, 7) is 0.110. The molecule has 0 saturated heterocycles. The lowest BCUT2D eigenvalue weighted by Gasteiger charge is -2.13. The molecule has 1 amide bonds. The third-order valence-corrected chi connectivity index (χ3v) is 4.92. The maximum atomic E-state index is 13.5. The normalized spacial score (nSPS) is 16.9. The SMILES string of the molecule is CS(=O)(=O)OCCNc1[nH]ncc1C1=NNC(=O)C1c1ccc(F)c(Br)c1. The first-order chi connectivity index (χ1) is 12.8. The van der Waals surface area contributed by atoms with Crippen molar-refractivity contribution in [2.45, 2.75) is 5.92 Å². The van der Waals surface area contributed by atoms with Crippen LogP contribution >= 0.6 is 15.9 Å². The van der Waals surface area contributed by atoms with Gasteiger partial charge in [0.15, 0.2) is 0 Å². The Morgan fingerprint density at radius 1 is 1.41 bits per heavy atom. The van der Waals surface area contributed by atoms with Crippen LogP contribution in [-0.2, 0) is 19.1 Å². The van der Waals surface area contributed by atoms with Gasteiger partial charge in [-0.25, -0.2) is 9.82 Å². The summed E-state index contributed by atoms with van der Waals surface area (Å²) in [7, 11) is -3.53. The maximum Gasteiger partial charge on any atom is 0.264 e. The molecule has 2 heterocycles. The number of hydrazone groups is 1. The molecule has 12 heteroatoms. The molecule has 1 aliphatic rings. The number of amides is 1. The number of aromatic amines is 1. The zero-order valence-corrected chi connectivity index (χ0v) is 16.4. The zero-order chi connectivity index (χ0) is 19.6. The van der Waals surface area contributed by atoms with E-state index in [1.54, 1.807) is 0 Å². The molecule has 3 rings (SSSR count). The quantitative estimate of drug-likeness (QED) is 0.423. The summed E-state index contributed by atoms with van der Waals surface area (Å²) >= 11 is 3.11. The van der Waals surface area contributed by atoms with Crippen molar-refractivity contribution in [3.05, 3.63) is 45.8 Å². The van der Waals surface area contributed by atoms with Crippen LogP contribution < -0.4 is 10.7 Å². The maximum absolute atomic E-state index is 13.5. The number of H-pyrrole nitrogens is 1. The molecule has 144 valence electrons. The zero-order valence-electron chi connectivity index (χ0n) is 14.0. The summed E-state index contributed by atoms with van der Waals surface area (Å²) in [6.07, 6.45) is 2.45. The van der Waals surface area contributed by atoms with E-state index >= 15 is 0 Å². The largest absolute Gasteiger partial charge is 0.368 e. The highest BCUT2D eigenvalue weighted by Gasteiger charge is 2.34. The van der Waals surface area contributed by atoms with Gasteiger partial charge in [0.25, 0.3) is 16.0 Å². The Hall–Kier alpha value is -2.31. The highest BCUT2D eigenvalue weighted by atomic mass is 79.9. The van der Waals surface area contributed by atoms with E-state index in [1.807, 2.05) is 0 Å². The lowest BCUT2D eigenvalue weighted by molar-refractivity contribution is -0.120. The average Bonchev–Trinajstić information content (AvgIpc) is 3.19. The van der Waals surface area contributed by atoms with Gasteiger partial charge in [0, 0.05) is 6.54 Å². The van der Waals surface area contributed by atoms with E-state index < -0.39 is 21.9 Å². The first-order valence-electron chi connectivity index (χ1n) is 7.70. The Morgan fingerprint density at radius 2 is 2.19 bits per heavy atom. The van der Waals surface area contributed by atoms with Gasteiger partial charge < -0.3 is 5.32 Å². The smallest absolute Gasteiger partial charge is 0.264 e. The molecule has 1 aromatic heterocycles. The number of hydrogen-bond donors (Lipinski definition) is 3. The molecule has 1 aliphatic heterocycles. The lowest BCUT2D eigenvalue weighted by atomic mass is 9.91. The minimum absolute atomic E-state index is 0.0741. The van der Waals surface area contributed by atoms with Crippen molar-refractivity contribution in [2.24, 2.45) is 5.10 Å². The molecule has 0 bridgehead atoms. The Labute approximate surface area is 162 Å². The highest BCUT2D eigenvalue weighted by molar-refractivity contribution is 9.10. The van der Waals surface area contributed by atoms with Gasteiger partial charge >= 0.3 is 0 Å². The lowest BCUT2D eigenvalue weighted by Crippen LogP contribution is -2.22. The van der Waals surface area contributed by atoms with Gasteiger partial charge in [-0.15, -0.1) is 0 Å². The topological polar surface area (TPSA) is 126 Å². The Balaban J connectivity index is 1.80. The van der Waals surface area contributed by atoms with E-state index in [-0.39, 0.29) is 23.5 Å². The van der Waals surface area contributed by atoms with Crippen molar-refractivity contribution in [2.75, 3.05) is 24.7 Å². The predicted molar refractivity (Wildman–Crippen MR) is 99.4 cm³/mol. The molecule has 0 aliphatic carbocycles. The third-order valence-electron chi connectivity index (χ3n) is 3.72. The molecule has 9 nitrogen and oxygen atoms in total. The van der Waals surface area contributed by atoms with Crippen LogP contribution in [0, 0.1) is 5.82 Å². The average molecular weight is 460 g/mol. The summed E-state index contributed by atoms with van der Waals surface area (Å²) < 4.78 is 40.4. The highest BCUT2D eigenvalue weighted by Crippen LogP contribution is 2.30. The number of halogens is 2. The molecule has 27 heavy (non-hydrogen) atoms. The number of hydrogen-bond acceptors (Lipinski definition) is 7. The van der Waals surface area contributed by atoms with Crippen molar-refractivity contribution in [3.63, 3.8) is 0 Å². The van der Waals surface area contributed by atoms with Gasteiger partial charge in [-0.05, 0) is 33.6 Å². The minimum Gasteiger partial charge on any atom is -0.368 e. The van der Waals surface area contributed by atoms with E-state index in [0.717, 1.165) is 6.26 Å². The van der Waals surface area contributed by atoms with Gasteiger partial charge in [0.05, 0.1) is 34.8 Å². The van der Waals surface area contributed by atoms with Crippen LogP contribution in [0.15, 0.2) is 34.0 Å². The first-order valence-corrected chi connectivity index (χ1v) is 10.3. The standard InChI is InChI=1S/C15H15BrFN5O4S/c1-27(24,25)26-5-4-18-14-9(7-19-21-14)13-12(15(23)22-20-13)8-2-3-11(17)10(16)6-8/h2-3,6-7,12H,4-5H2,1H3,(H,22,23)(H2,18,19,21). The van der Waals surface area contributed by atoms with E-state index in [4.69, 9.17) is 0 Å². The van der Waals surface area contributed by atoms with Crippen molar-refractivity contribution >= 4 is 43.5 Å². The van der Waals surface area contributed by atoms with Crippen molar-refractivity contribution in [1.82, 2.24) is 15.6 Å². The number of carbonyl (C=O) groups is 1. The monoisotopic (exact) mass is 459 g/mol. The van der Waals surface area contributed by atoms with E-state index in [2.05, 4.69) is 46.2 Å². The predicted octanol–water partition coefficient (Wildman–Crippen LogP) is 1.32. The van der Waals surface area contributed by atoms with Gasteiger partial charge in [-0.3, -0.25) is 14.1 Å². The molecule has 0 saturated carbocycles. The molecule has 2 aromatic rings. The molecule has 0 fully saturated rings. The molecule has 3 N–H and O–H groups in total. The van der Waals surface area contributed by atoms with Crippen LogP contribution in [0.1, 0.15) is 17.0 Å². The van der Waals surface area contributed by atoms with Crippen molar-refractivity contribution < 1.29 is 21.8 Å². The minimum atomic E-state index is -3.53. The Morgan fingerprint density at radius 3 is 2.89 bits per heavy atom. The number of aromatic nitrogens is 2. The number of benzene rings is 1. The van der Waals surface area contributed by atoms with Crippen LogP contribution in [-0.4, -0.2) is 49.6 Å². The Kier molecular flexibility index (Phi) is 5.58. The van der Waals surface area contributed by atoms with Crippen molar-refractivity contribution in [3.8, 4) is 0 Å². The molecular formula is C15H15BrFN5O4S. The molecule has 1 atom stereocenters. The van der Waals surface area contributed by atoms with Gasteiger partial charge in [-0.1, -0.05) is 6.07 Å². The molecule has 1 aromatic carbocycles. The number of anilines is 1. The second-order valence-electron chi connectivity index (χ2n) is 5.69. The Bertz CT molecular complexity index is 1010. The number of carbonyl (C=O) groups excluding carboxylic acids is 1. The van der Waals surface area contributed by atoms with Crippen LogP contribution in [0.25, 0.3) is 0 Å². The van der Waals surface area contributed by atoms with Gasteiger partial charge in [0.2, 0.25) is 0 Å². The number of nitrogens with zero attached hydrogens (tertiary/aromatic N) is 2. The fourth-order valence-electron chi connectivity index (χ4n) is 2.57. The second kappa shape index (κ2) is 7.74. The molecular weight excluding hydrogens is 445 g/mol. The molecule has 1 unspecified atom stereocenters. The van der Waals surface area contributed by atoms with E-state index in [1.165, 1.54) is 24.4 Å². The second-order valence-corrected chi connectivity index (χ2v) is 8.19. The number of rotatable bonds is 7. The van der Waals surface area contributed by atoms with Crippen LogP contribution in [0.2, 0.25) is 0 Å². The number of nitrogens with one attached hydrogen (secondary N) is 3. The van der Waals surface area contributed by atoms with Crippen LogP contribution in [0.5, 0.6) is 0 Å². The third kappa shape index (κ3) is 4.51. The van der Waals surface area contributed by atoms with Gasteiger partial charge in [-0.2, -0.15) is 18.6 Å². The van der Waals surface area contributed by atoms with E-state index in [9.17, 15) is 17.6 Å². The summed E-state index contributed by atoms with van der Waals surface area (Å²) in [5, 5.41) is 13.7. The van der Waals surface area contributed by atoms with Crippen molar-refractivity contribution in [1.29, 1.82) is 0 Å². The summed E-state index contributed by atoms with van der Waals surface area (Å²) in [5.41, 5.74) is 3.91. The van der Waals surface area contributed by atoms with Crippen LogP contribution in [0.4, 0.5) is 10.2 Å². The summed E-state index contributed by atoms with van der Waals surface area (Å²) in [6, 6.07) is 4.30.